The van der Waals surface area contributed by atoms with Crippen molar-refractivity contribution in [2.75, 3.05) is 0 Å². The monoisotopic (exact) mass is 313 g/mol. The molecule has 2 aromatic heterocycles. The highest BCUT2D eigenvalue weighted by atomic mass is 16.3. The van der Waals surface area contributed by atoms with Crippen molar-refractivity contribution in [1.29, 1.82) is 0 Å². The second-order valence-electron chi connectivity index (χ2n) is 6.15. The topological polar surface area (TPSA) is 21.4 Å². The van der Waals surface area contributed by atoms with Gasteiger partial charge in [-0.05, 0) is 31.0 Å². The zero-order valence-electron chi connectivity index (χ0n) is 13.9. The van der Waals surface area contributed by atoms with Crippen molar-refractivity contribution < 1.29 is 8.98 Å². The van der Waals surface area contributed by atoms with E-state index in [-0.39, 0.29) is 0 Å². The van der Waals surface area contributed by atoms with Crippen LogP contribution in [0.5, 0.6) is 0 Å². The van der Waals surface area contributed by atoms with Crippen LogP contribution < -0.4 is 4.57 Å². The molecule has 3 heteroatoms. The molecule has 2 heterocycles. The van der Waals surface area contributed by atoms with Gasteiger partial charge in [-0.3, -0.25) is 0 Å². The summed E-state index contributed by atoms with van der Waals surface area (Å²) in [6.45, 7) is 11.6. The Morgan fingerprint density at radius 3 is 2.50 bits per heavy atom. The Morgan fingerprint density at radius 2 is 1.75 bits per heavy atom. The minimum Gasteiger partial charge on any atom is -0.466 e. The molecule has 0 unspecified atom stereocenters. The van der Waals surface area contributed by atoms with E-state index in [1.807, 2.05) is 37.5 Å². The molecule has 0 aliphatic heterocycles. The molecule has 0 N–H and O–H groups in total. The molecule has 0 spiro atoms. The first-order valence-electron chi connectivity index (χ1n) is 7.89. The maximum absolute atomic E-state index is 7.42. The van der Waals surface area contributed by atoms with Crippen LogP contribution in [0, 0.1) is 20.4 Å². The quantitative estimate of drug-likeness (QED) is 0.347. The average Bonchev–Trinajstić information content (AvgIpc) is 2.96. The lowest BCUT2D eigenvalue weighted by atomic mass is 9.99. The summed E-state index contributed by atoms with van der Waals surface area (Å²) < 4.78 is 8.34. The van der Waals surface area contributed by atoms with Crippen LogP contribution in [0.3, 0.4) is 0 Å². The summed E-state index contributed by atoms with van der Waals surface area (Å²) in [5.41, 5.74) is 6.57. The van der Waals surface area contributed by atoms with Gasteiger partial charge in [-0.25, -0.2) is 9.41 Å². The molecule has 0 aliphatic rings. The number of benzene rings is 2. The zero-order valence-corrected chi connectivity index (χ0v) is 13.9. The molecule has 0 fully saturated rings. The number of hydrogen-bond acceptors (Lipinski definition) is 1. The fourth-order valence-electron chi connectivity index (χ4n) is 3.38. The number of rotatable bonds is 1. The van der Waals surface area contributed by atoms with Gasteiger partial charge in [0, 0.05) is 22.9 Å². The molecule has 0 bridgehead atoms. The fourth-order valence-corrected chi connectivity index (χ4v) is 3.38. The van der Waals surface area contributed by atoms with Crippen LogP contribution in [0.1, 0.15) is 11.1 Å². The van der Waals surface area contributed by atoms with Crippen LogP contribution in [0.15, 0.2) is 53.1 Å². The normalized spacial score (nSPS) is 11.1. The van der Waals surface area contributed by atoms with Gasteiger partial charge in [-0.15, -0.1) is 0 Å². The summed E-state index contributed by atoms with van der Waals surface area (Å²) in [5, 5.41) is 2.11. The third-order valence-corrected chi connectivity index (χ3v) is 4.62. The van der Waals surface area contributed by atoms with Crippen molar-refractivity contribution in [3.8, 4) is 11.3 Å². The molecule has 4 aromatic rings. The molecule has 3 nitrogen and oxygen atoms in total. The first-order valence-corrected chi connectivity index (χ1v) is 7.89. The summed E-state index contributed by atoms with van der Waals surface area (Å²) in [7, 11) is 2.03. The zero-order chi connectivity index (χ0) is 16.8. The van der Waals surface area contributed by atoms with Gasteiger partial charge in [0.05, 0.1) is 12.1 Å². The van der Waals surface area contributed by atoms with Gasteiger partial charge in [0.15, 0.2) is 6.20 Å². The summed E-state index contributed by atoms with van der Waals surface area (Å²) in [5.74, 6) is 0. The minimum atomic E-state index is 0.563. The molecular weight excluding hydrogens is 296 g/mol. The largest absolute Gasteiger partial charge is 0.466 e. The molecule has 0 radical (unpaired) electrons. The van der Waals surface area contributed by atoms with Crippen LogP contribution in [0.25, 0.3) is 38.0 Å². The molecule has 0 saturated heterocycles. The number of pyridine rings is 1. The van der Waals surface area contributed by atoms with Gasteiger partial charge >= 0.3 is 0 Å². The lowest BCUT2D eigenvalue weighted by molar-refractivity contribution is -0.660. The highest BCUT2D eigenvalue weighted by Crippen LogP contribution is 2.41. The number of furan rings is 1. The Balaban J connectivity index is 2.22. The molecule has 0 aliphatic carbocycles. The van der Waals surface area contributed by atoms with E-state index >= 15 is 0 Å². The van der Waals surface area contributed by atoms with E-state index in [2.05, 4.69) is 41.5 Å². The van der Waals surface area contributed by atoms with Gasteiger partial charge in [0.25, 0.3) is 0 Å². The highest BCUT2D eigenvalue weighted by molar-refractivity contribution is 6.14. The van der Waals surface area contributed by atoms with Gasteiger partial charge in [0.1, 0.15) is 18.2 Å². The van der Waals surface area contributed by atoms with Crippen molar-refractivity contribution >= 4 is 27.6 Å². The molecule has 0 amide bonds. The number of aryl methyl sites for hydroxylation is 3. The molecule has 0 atom stereocenters. The Bertz CT molecular complexity index is 1150. The van der Waals surface area contributed by atoms with Crippen molar-refractivity contribution in [1.82, 2.24) is 0 Å². The van der Waals surface area contributed by atoms with Gasteiger partial charge in [-0.1, -0.05) is 24.3 Å². The van der Waals surface area contributed by atoms with Crippen molar-refractivity contribution in [3.63, 3.8) is 0 Å². The second kappa shape index (κ2) is 5.21. The summed E-state index contributed by atoms with van der Waals surface area (Å²) in [6, 6.07) is 14.2. The second-order valence-corrected chi connectivity index (χ2v) is 6.15. The Hall–Kier alpha value is -3.12. The van der Waals surface area contributed by atoms with E-state index in [4.69, 9.17) is 11.0 Å². The van der Waals surface area contributed by atoms with Crippen LogP contribution in [-0.2, 0) is 7.05 Å². The Kier molecular flexibility index (Phi) is 3.14. The molecule has 2 aromatic carbocycles. The molecule has 24 heavy (non-hydrogen) atoms. The van der Waals surface area contributed by atoms with E-state index < -0.39 is 0 Å². The molecule has 116 valence electrons. The lowest BCUT2D eigenvalue weighted by Gasteiger charge is -2.05. The number of nitrogens with zero attached hydrogens (tertiary/aromatic N) is 2. The van der Waals surface area contributed by atoms with Crippen LogP contribution in [0.4, 0.5) is 5.69 Å². The first-order chi connectivity index (χ1) is 11.6. The van der Waals surface area contributed by atoms with Crippen molar-refractivity contribution in [3.05, 3.63) is 71.2 Å². The molecule has 0 saturated carbocycles. The average molecular weight is 313 g/mol. The van der Waals surface area contributed by atoms with Gasteiger partial charge < -0.3 is 4.42 Å². The first kappa shape index (κ1) is 14.5. The van der Waals surface area contributed by atoms with Crippen molar-refractivity contribution in [2.45, 2.75) is 13.8 Å². The van der Waals surface area contributed by atoms with Crippen LogP contribution in [0.2, 0.25) is 0 Å². The summed E-state index contributed by atoms with van der Waals surface area (Å²) in [6.07, 6.45) is 2.03. The van der Waals surface area contributed by atoms with E-state index in [1.54, 1.807) is 0 Å². The highest BCUT2D eigenvalue weighted by Gasteiger charge is 2.21. The SMILES string of the molecule is [C-]#[N+]c1ccc(C)c2c1oc1c(-c3cccc[n+]3C)c(C)ccc12. The minimum absolute atomic E-state index is 0.563. The number of hydrogen-bond donors (Lipinski definition) is 0. The van der Waals surface area contributed by atoms with Gasteiger partial charge in [0.2, 0.25) is 11.4 Å². The standard InChI is InChI=1S/C21H17N2O/c1-13-9-11-16(22-3)21-18(13)15-10-8-14(2)19(20(15)24-21)17-7-5-6-12-23(17)4/h5-12H,1-2,4H3/q+1. The van der Waals surface area contributed by atoms with E-state index in [0.717, 1.165) is 38.7 Å². The van der Waals surface area contributed by atoms with Gasteiger partial charge in [-0.2, -0.15) is 0 Å². The maximum atomic E-state index is 7.42. The van der Waals surface area contributed by atoms with Crippen LogP contribution in [-0.4, -0.2) is 0 Å². The number of aromatic nitrogens is 1. The van der Waals surface area contributed by atoms with E-state index in [9.17, 15) is 0 Å². The third-order valence-electron chi connectivity index (χ3n) is 4.62. The third kappa shape index (κ3) is 1.93. The van der Waals surface area contributed by atoms with Crippen LogP contribution >= 0.6 is 0 Å². The van der Waals surface area contributed by atoms with E-state index in [0.29, 0.717) is 11.3 Å². The predicted octanol–water partition coefficient (Wildman–Crippen LogP) is 5.25. The predicted molar refractivity (Wildman–Crippen MR) is 96.1 cm³/mol. The Labute approximate surface area is 140 Å². The molecular formula is C21H17N2O+. The maximum Gasteiger partial charge on any atom is 0.229 e. The van der Waals surface area contributed by atoms with Crippen molar-refractivity contribution in [2.24, 2.45) is 7.05 Å². The fraction of sp³-hybridized carbons (Fsp3) is 0.143. The molecule has 4 rings (SSSR count). The number of fused-ring (bicyclic) bond motifs is 3. The van der Waals surface area contributed by atoms with E-state index in [1.165, 1.54) is 0 Å². The summed E-state index contributed by atoms with van der Waals surface area (Å²) >= 11 is 0. The smallest absolute Gasteiger partial charge is 0.229 e. The summed E-state index contributed by atoms with van der Waals surface area (Å²) in [4.78, 5) is 3.63. The Morgan fingerprint density at radius 1 is 0.958 bits per heavy atom. The lowest BCUT2D eigenvalue weighted by Crippen LogP contribution is -2.30.